The van der Waals surface area contributed by atoms with Gasteiger partial charge in [-0.25, -0.2) is 4.39 Å². The molecule has 0 aliphatic rings. The number of hydrogen-bond acceptors (Lipinski definition) is 2. The smallest absolute Gasteiger partial charge is 0.137 e. The molecule has 0 atom stereocenters. The lowest BCUT2D eigenvalue weighted by Gasteiger charge is -2.31. The molecule has 0 bridgehead atoms. The van der Waals surface area contributed by atoms with Gasteiger partial charge < -0.3 is 10.2 Å². The second kappa shape index (κ2) is 7.01. The van der Waals surface area contributed by atoms with Crippen LogP contribution < -0.4 is 0 Å². The van der Waals surface area contributed by atoms with E-state index in [1.165, 1.54) is 6.07 Å². The lowest BCUT2D eigenvalue weighted by atomic mass is 9.77. The molecule has 2 aromatic carbocycles. The Balaban J connectivity index is 2.45. The predicted molar refractivity (Wildman–Crippen MR) is 87.8 cm³/mol. The molecule has 0 heterocycles. The van der Waals surface area contributed by atoms with Crippen LogP contribution in [0.2, 0.25) is 0 Å². The van der Waals surface area contributed by atoms with Crippen molar-refractivity contribution in [3.63, 3.8) is 0 Å². The molecule has 0 unspecified atom stereocenters. The third kappa shape index (κ3) is 3.54. The number of aliphatic hydroxyl groups is 2. The topological polar surface area (TPSA) is 40.5 Å². The molecule has 0 radical (unpaired) electrons. The molecular weight excluding hydrogens is 403 g/mol. The number of benzene rings is 2. The van der Waals surface area contributed by atoms with Crippen molar-refractivity contribution in [3.05, 3.63) is 68.4 Å². The highest BCUT2D eigenvalue weighted by Crippen LogP contribution is 2.33. The maximum absolute atomic E-state index is 13.6. The van der Waals surface area contributed by atoms with Gasteiger partial charge >= 0.3 is 0 Å². The van der Waals surface area contributed by atoms with Crippen molar-refractivity contribution in [3.8, 4) is 0 Å². The summed E-state index contributed by atoms with van der Waals surface area (Å²) in [5, 5.41) is 19.7. The maximum atomic E-state index is 13.6. The van der Waals surface area contributed by atoms with Crippen LogP contribution in [-0.4, -0.2) is 23.4 Å². The summed E-state index contributed by atoms with van der Waals surface area (Å²) in [5.74, 6) is -0.355. The summed E-state index contributed by atoms with van der Waals surface area (Å²) in [4.78, 5) is 0. The van der Waals surface area contributed by atoms with Crippen LogP contribution in [-0.2, 0) is 11.8 Å². The van der Waals surface area contributed by atoms with Crippen LogP contribution in [0.3, 0.4) is 0 Å². The minimum absolute atomic E-state index is 0.233. The molecule has 21 heavy (non-hydrogen) atoms. The standard InChI is InChI=1S/C16H15Br2FO2/c17-13-5-2-4-12(7-13)16(9-20,10-21)8-11-3-1-6-14(19)15(11)18/h1-7,20-21H,8-10H2. The SMILES string of the molecule is OCC(CO)(Cc1cccc(F)c1Br)c1cccc(Br)c1. The van der Waals surface area contributed by atoms with E-state index in [4.69, 9.17) is 0 Å². The van der Waals surface area contributed by atoms with Gasteiger partial charge in [0.1, 0.15) is 5.82 Å². The molecular formula is C16H15Br2FO2. The Morgan fingerprint density at radius 1 is 1.00 bits per heavy atom. The van der Waals surface area contributed by atoms with Crippen LogP contribution in [0, 0.1) is 5.82 Å². The van der Waals surface area contributed by atoms with Crippen LogP contribution in [0.15, 0.2) is 51.4 Å². The Hall–Kier alpha value is -0.750. The van der Waals surface area contributed by atoms with Gasteiger partial charge in [-0.3, -0.25) is 0 Å². The van der Waals surface area contributed by atoms with E-state index in [1.807, 2.05) is 24.3 Å². The highest BCUT2D eigenvalue weighted by Gasteiger charge is 2.32. The summed E-state index contributed by atoms with van der Waals surface area (Å²) in [6, 6.07) is 12.2. The fourth-order valence-electron chi connectivity index (χ4n) is 2.31. The average molecular weight is 418 g/mol. The third-order valence-electron chi connectivity index (χ3n) is 3.60. The van der Waals surface area contributed by atoms with E-state index in [1.54, 1.807) is 12.1 Å². The van der Waals surface area contributed by atoms with Crippen molar-refractivity contribution in [1.82, 2.24) is 0 Å². The van der Waals surface area contributed by atoms with Crippen molar-refractivity contribution in [2.75, 3.05) is 13.2 Å². The zero-order valence-electron chi connectivity index (χ0n) is 11.2. The molecule has 0 saturated carbocycles. The number of rotatable bonds is 5. The van der Waals surface area contributed by atoms with Crippen LogP contribution >= 0.6 is 31.9 Å². The van der Waals surface area contributed by atoms with E-state index in [-0.39, 0.29) is 19.0 Å². The van der Waals surface area contributed by atoms with Gasteiger partial charge in [0.05, 0.1) is 17.7 Å². The number of aliphatic hydroxyl groups excluding tert-OH is 2. The number of hydrogen-bond donors (Lipinski definition) is 2. The zero-order valence-corrected chi connectivity index (χ0v) is 14.4. The van der Waals surface area contributed by atoms with E-state index >= 15 is 0 Å². The van der Waals surface area contributed by atoms with Crippen LogP contribution in [0.1, 0.15) is 11.1 Å². The molecule has 2 N–H and O–H groups in total. The first-order valence-electron chi connectivity index (χ1n) is 6.43. The first kappa shape index (κ1) is 16.6. The molecule has 0 saturated heterocycles. The molecule has 0 aliphatic carbocycles. The van der Waals surface area contributed by atoms with Gasteiger partial charge in [0.2, 0.25) is 0 Å². The van der Waals surface area contributed by atoms with Gasteiger partial charge in [0.25, 0.3) is 0 Å². The lowest BCUT2D eigenvalue weighted by molar-refractivity contribution is 0.116. The minimum Gasteiger partial charge on any atom is -0.395 e. The van der Waals surface area contributed by atoms with E-state index in [0.29, 0.717) is 16.5 Å². The fraction of sp³-hybridized carbons (Fsp3) is 0.250. The molecule has 0 spiro atoms. The van der Waals surface area contributed by atoms with Crippen molar-refractivity contribution in [1.29, 1.82) is 0 Å². The molecule has 0 fully saturated rings. The van der Waals surface area contributed by atoms with Gasteiger partial charge in [0, 0.05) is 9.89 Å². The van der Waals surface area contributed by atoms with Crippen LogP contribution in [0.25, 0.3) is 0 Å². The molecule has 2 rings (SSSR count). The van der Waals surface area contributed by atoms with Crippen molar-refractivity contribution in [2.45, 2.75) is 11.8 Å². The van der Waals surface area contributed by atoms with E-state index in [9.17, 15) is 14.6 Å². The fourth-order valence-corrected chi connectivity index (χ4v) is 3.12. The molecule has 5 heteroatoms. The van der Waals surface area contributed by atoms with E-state index < -0.39 is 5.41 Å². The largest absolute Gasteiger partial charge is 0.395 e. The van der Waals surface area contributed by atoms with Crippen LogP contribution in [0.5, 0.6) is 0 Å². The second-order valence-electron chi connectivity index (χ2n) is 5.00. The van der Waals surface area contributed by atoms with Crippen molar-refractivity contribution < 1.29 is 14.6 Å². The average Bonchev–Trinajstić information content (AvgIpc) is 2.49. The molecule has 0 aromatic heterocycles. The maximum Gasteiger partial charge on any atom is 0.137 e. The summed E-state index contributed by atoms with van der Waals surface area (Å²) in [5.41, 5.74) is 0.649. The predicted octanol–water partition coefficient (Wildman–Crippen LogP) is 3.82. The zero-order chi connectivity index (χ0) is 15.5. The van der Waals surface area contributed by atoms with Crippen LogP contribution in [0.4, 0.5) is 4.39 Å². The highest BCUT2D eigenvalue weighted by molar-refractivity contribution is 9.10. The Bertz CT molecular complexity index is 627. The lowest BCUT2D eigenvalue weighted by Crippen LogP contribution is -2.37. The molecule has 0 amide bonds. The summed E-state index contributed by atoms with van der Waals surface area (Å²) in [7, 11) is 0. The quantitative estimate of drug-likeness (QED) is 0.776. The van der Waals surface area contributed by atoms with Gasteiger partial charge in [-0.2, -0.15) is 0 Å². The summed E-state index contributed by atoms with van der Waals surface area (Å²) >= 11 is 6.62. The molecule has 2 nitrogen and oxygen atoms in total. The number of halogens is 3. The summed E-state index contributed by atoms with van der Waals surface area (Å²) in [6.45, 7) is -0.466. The highest BCUT2D eigenvalue weighted by atomic mass is 79.9. The van der Waals surface area contributed by atoms with Crippen molar-refractivity contribution >= 4 is 31.9 Å². The van der Waals surface area contributed by atoms with E-state index in [0.717, 1.165) is 10.0 Å². The van der Waals surface area contributed by atoms with Gasteiger partial charge in [-0.1, -0.05) is 40.2 Å². The summed E-state index contributed by atoms with van der Waals surface area (Å²) < 4.78 is 14.9. The van der Waals surface area contributed by atoms with Gasteiger partial charge in [-0.15, -0.1) is 0 Å². The van der Waals surface area contributed by atoms with Gasteiger partial charge in [-0.05, 0) is 51.7 Å². The third-order valence-corrected chi connectivity index (χ3v) is 4.98. The molecule has 112 valence electrons. The van der Waals surface area contributed by atoms with E-state index in [2.05, 4.69) is 31.9 Å². The Morgan fingerprint density at radius 2 is 1.67 bits per heavy atom. The Morgan fingerprint density at radius 3 is 2.29 bits per heavy atom. The van der Waals surface area contributed by atoms with Crippen molar-refractivity contribution in [2.24, 2.45) is 0 Å². The monoisotopic (exact) mass is 416 g/mol. The first-order valence-corrected chi connectivity index (χ1v) is 8.01. The summed E-state index contributed by atoms with van der Waals surface area (Å²) in [6.07, 6.45) is 0.328. The molecule has 0 aliphatic heterocycles. The second-order valence-corrected chi connectivity index (χ2v) is 6.71. The molecule has 2 aromatic rings. The van der Waals surface area contributed by atoms with Gasteiger partial charge in [0.15, 0.2) is 0 Å². The Labute approximate surface area is 139 Å². The Kier molecular flexibility index (Phi) is 5.54. The normalized spacial score (nSPS) is 11.7. The minimum atomic E-state index is -0.861. The first-order chi connectivity index (χ1) is 10.0.